The normalized spacial score (nSPS) is 23.8. The number of rotatable bonds is 5. The van der Waals surface area contributed by atoms with E-state index in [4.69, 9.17) is 4.84 Å². The molecular weight excluding hydrogens is 164 g/mol. The average molecular weight is 184 g/mol. The van der Waals surface area contributed by atoms with Crippen LogP contribution < -0.4 is 0 Å². The van der Waals surface area contributed by atoms with Gasteiger partial charge in [0.1, 0.15) is 6.10 Å². The van der Waals surface area contributed by atoms with Crippen LogP contribution in [0.2, 0.25) is 0 Å². The van der Waals surface area contributed by atoms with E-state index in [0.717, 1.165) is 25.6 Å². The fraction of sp³-hybridized carbons (Fsp3) is 0.900. The smallest absolute Gasteiger partial charge is 0.141 e. The van der Waals surface area contributed by atoms with Crippen molar-refractivity contribution >= 4 is 6.72 Å². The van der Waals surface area contributed by atoms with Crippen LogP contribution in [0.3, 0.4) is 0 Å². The summed E-state index contributed by atoms with van der Waals surface area (Å²) in [6.45, 7) is 10.00. The van der Waals surface area contributed by atoms with Crippen LogP contribution in [0.4, 0.5) is 0 Å². The van der Waals surface area contributed by atoms with Gasteiger partial charge in [-0.05, 0) is 12.8 Å². The van der Waals surface area contributed by atoms with Crippen molar-refractivity contribution in [3.63, 3.8) is 0 Å². The second-order valence-corrected chi connectivity index (χ2v) is 3.61. The quantitative estimate of drug-likeness (QED) is 0.481. The minimum atomic E-state index is 0.276. The number of hydrogen-bond donors (Lipinski definition) is 0. The van der Waals surface area contributed by atoms with Crippen LogP contribution in [0.15, 0.2) is 5.16 Å². The lowest BCUT2D eigenvalue weighted by molar-refractivity contribution is 0.0620. The summed E-state index contributed by atoms with van der Waals surface area (Å²) in [5.41, 5.74) is 0. The van der Waals surface area contributed by atoms with Crippen LogP contribution in [0.25, 0.3) is 0 Å². The highest BCUT2D eigenvalue weighted by molar-refractivity contribution is 5.21. The molecule has 0 amide bonds. The molecule has 3 nitrogen and oxygen atoms in total. The van der Waals surface area contributed by atoms with Crippen LogP contribution in [0.1, 0.15) is 33.1 Å². The number of likely N-dealkylation sites (tertiary alicyclic amines) is 1. The van der Waals surface area contributed by atoms with E-state index in [2.05, 4.69) is 30.6 Å². The number of nitrogens with zero attached hydrogens (tertiary/aromatic N) is 2. The third-order valence-corrected chi connectivity index (χ3v) is 2.86. The molecule has 0 unspecified atom stereocenters. The molecule has 1 aliphatic rings. The zero-order chi connectivity index (χ0) is 9.68. The summed E-state index contributed by atoms with van der Waals surface area (Å²) >= 11 is 0. The highest BCUT2D eigenvalue weighted by Gasteiger charge is 2.27. The van der Waals surface area contributed by atoms with Crippen molar-refractivity contribution in [3.05, 3.63) is 0 Å². The zero-order valence-corrected chi connectivity index (χ0v) is 8.70. The van der Waals surface area contributed by atoms with E-state index in [1.807, 2.05) is 0 Å². The summed E-state index contributed by atoms with van der Waals surface area (Å²) in [4.78, 5) is 7.64. The predicted octanol–water partition coefficient (Wildman–Crippen LogP) is 1.88. The van der Waals surface area contributed by atoms with Crippen molar-refractivity contribution < 1.29 is 4.84 Å². The molecule has 1 atom stereocenters. The van der Waals surface area contributed by atoms with Gasteiger partial charge in [-0.2, -0.15) is 0 Å². The Labute approximate surface area is 80.7 Å². The summed E-state index contributed by atoms with van der Waals surface area (Å²) in [5.74, 6) is 0. The molecule has 1 rings (SSSR count). The molecule has 1 saturated heterocycles. The molecule has 13 heavy (non-hydrogen) atoms. The van der Waals surface area contributed by atoms with E-state index in [9.17, 15) is 0 Å². The van der Waals surface area contributed by atoms with Gasteiger partial charge in [0.05, 0.1) is 0 Å². The molecular formula is C10H20N2O. The first-order valence-electron chi connectivity index (χ1n) is 5.17. The lowest BCUT2D eigenvalue weighted by atomic mass is 10.1. The highest BCUT2D eigenvalue weighted by Crippen LogP contribution is 2.18. The van der Waals surface area contributed by atoms with Gasteiger partial charge in [-0.1, -0.05) is 13.8 Å². The molecule has 0 aliphatic carbocycles. The second kappa shape index (κ2) is 5.22. The molecule has 0 saturated carbocycles. The topological polar surface area (TPSA) is 24.8 Å². The van der Waals surface area contributed by atoms with Gasteiger partial charge in [-0.3, -0.25) is 4.90 Å². The van der Waals surface area contributed by atoms with E-state index in [-0.39, 0.29) is 6.10 Å². The Bertz CT molecular complexity index is 157. The Morgan fingerprint density at radius 2 is 2.23 bits per heavy atom. The van der Waals surface area contributed by atoms with Crippen LogP contribution in [0, 0.1) is 0 Å². The van der Waals surface area contributed by atoms with Crippen molar-refractivity contribution in [2.24, 2.45) is 5.16 Å². The Morgan fingerprint density at radius 3 is 2.77 bits per heavy atom. The van der Waals surface area contributed by atoms with Crippen molar-refractivity contribution in [2.75, 3.05) is 13.1 Å². The molecule has 0 N–H and O–H groups in total. The van der Waals surface area contributed by atoms with Crippen LogP contribution >= 0.6 is 0 Å². The van der Waals surface area contributed by atoms with Crippen molar-refractivity contribution in [1.29, 1.82) is 0 Å². The first-order valence-corrected chi connectivity index (χ1v) is 5.17. The maximum absolute atomic E-state index is 5.14. The highest BCUT2D eigenvalue weighted by atomic mass is 16.6. The Hall–Kier alpha value is -0.570. The predicted molar refractivity (Wildman–Crippen MR) is 55.0 cm³/mol. The molecule has 0 bridgehead atoms. The maximum atomic E-state index is 5.14. The van der Waals surface area contributed by atoms with E-state index in [1.165, 1.54) is 12.8 Å². The number of hydrogen-bond acceptors (Lipinski definition) is 3. The van der Waals surface area contributed by atoms with Crippen LogP contribution in [0.5, 0.6) is 0 Å². The van der Waals surface area contributed by atoms with Gasteiger partial charge >= 0.3 is 0 Å². The van der Waals surface area contributed by atoms with Gasteiger partial charge in [0, 0.05) is 32.3 Å². The van der Waals surface area contributed by atoms with Gasteiger partial charge in [0.15, 0.2) is 0 Å². The van der Waals surface area contributed by atoms with E-state index in [1.54, 1.807) is 0 Å². The molecule has 0 spiro atoms. The molecule has 1 heterocycles. The van der Waals surface area contributed by atoms with Crippen LogP contribution in [-0.4, -0.2) is 36.9 Å². The first kappa shape index (κ1) is 10.5. The minimum Gasteiger partial charge on any atom is -0.392 e. The lowest BCUT2D eigenvalue weighted by Gasteiger charge is -2.24. The fourth-order valence-corrected chi connectivity index (χ4v) is 2.08. The summed E-state index contributed by atoms with van der Waals surface area (Å²) in [6.07, 6.45) is 3.82. The van der Waals surface area contributed by atoms with Crippen molar-refractivity contribution in [2.45, 2.75) is 45.3 Å². The minimum absolute atomic E-state index is 0.276. The molecule has 0 aromatic rings. The van der Waals surface area contributed by atoms with Gasteiger partial charge in [-0.25, -0.2) is 0 Å². The van der Waals surface area contributed by atoms with Gasteiger partial charge in [0.25, 0.3) is 0 Å². The lowest BCUT2D eigenvalue weighted by Crippen LogP contribution is -2.33. The second-order valence-electron chi connectivity index (χ2n) is 3.61. The summed E-state index contributed by atoms with van der Waals surface area (Å²) in [6, 6.07) is 0.721. The monoisotopic (exact) mass is 184 g/mol. The van der Waals surface area contributed by atoms with E-state index < -0.39 is 0 Å². The fourth-order valence-electron chi connectivity index (χ4n) is 2.08. The summed E-state index contributed by atoms with van der Waals surface area (Å²) < 4.78 is 0. The standard InChI is InChI=1S/C10H20N2O/c1-4-9(5-2)12-7-6-10(8-12)13-11-3/h9-10H,3-8H2,1-2H3/t10-/m1/s1. The molecule has 0 radical (unpaired) electrons. The average Bonchev–Trinajstić information content (AvgIpc) is 2.56. The molecule has 76 valence electrons. The van der Waals surface area contributed by atoms with E-state index >= 15 is 0 Å². The zero-order valence-electron chi connectivity index (χ0n) is 8.70. The van der Waals surface area contributed by atoms with Gasteiger partial charge in [-0.15, -0.1) is 5.16 Å². The molecule has 0 aromatic carbocycles. The van der Waals surface area contributed by atoms with Gasteiger partial charge < -0.3 is 4.84 Å². The summed E-state index contributed by atoms with van der Waals surface area (Å²) in [5, 5.41) is 3.49. The molecule has 0 aromatic heterocycles. The molecule has 1 aliphatic heterocycles. The third-order valence-electron chi connectivity index (χ3n) is 2.86. The van der Waals surface area contributed by atoms with Crippen molar-refractivity contribution in [1.82, 2.24) is 4.90 Å². The Balaban J connectivity index is 2.34. The van der Waals surface area contributed by atoms with Gasteiger partial charge in [0.2, 0.25) is 0 Å². The Morgan fingerprint density at radius 1 is 1.54 bits per heavy atom. The Kier molecular flexibility index (Phi) is 4.22. The first-order chi connectivity index (χ1) is 6.31. The summed E-state index contributed by atoms with van der Waals surface area (Å²) in [7, 11) is 0. The molecule has 1 fully saturated rings. The molecule has 3 heteroatoms. The number of oxime groups is 1. The third kappa shape index (κ3) is 2.69. The maximum Gasteiger partial charge on any atom is 0.141 e. The van der Waals surface area contributed by atoms with Crippen molar-refractivity contribution in [3.8, 4) is 0 Å². The SMILES string of the molecule is C=NO[C@@H]1CCN(C(CC)CC)C1. The largest absolute Gasteiger partial charge is 0.392 e. The van der Waals surface area contributed by atoms with Crippen LogP contribution in [-0.2, 0) is 4.84 Å². The van der Waals surface area contributed by atoms with E-state index in [0.29, 0.717) is 0 Å².